The molecule has 1 heterocycles. The van der Waals surface area contributed by atoms with Gasteiger partial charge in [-0.3, -0.25) is 14.5 Å². The number of methoxy groups -OCH3 is 2. The summed E-state index contributed by atoms with van der Waals surface area (Å²) in [5.41, 5.74) is 1.55. The van der Waals surface area contributed by atoms with E-state index in [0.717, 1.165) is 17.3 Å². The molecule has 0 bridgehead atoms. The summed E-state index contributed by atoms with van der Waals surface area (Å²) in [6.07, 6.45) is 0.471. The van der Waals surface area contributed by atoms with Crippen molar-refractivity contribution in [3.63, 3.8) is 0 Å². The molecule has 192 valence electrons. The first kappa shape index (κ1) is 26.5. The van der Waals surface area contributed by atoms with E-state index in [1.807, 2.05) is 18.2 Å². The number of ether oxygens (including phenoxy) is 2. The summed E-state index contributed by atoms with van der Waals surface area (Å²) in [5, 5.41) is 2.68. The maximum Gasteiger partial charge on any atom is 0.238 e. The van der Waals surface area contributed by atoms with Crippen LogP contribution in [0.2, 0.25) is 5.02 Å². The molecule has 1 aliphatic heterocycles. The molecule has 0 aliphatic carbocycles. The Labute approximate surface area is 223 Å². The molecule has 7 nitrogen and oxygen atoms in total. The third-order valence-corrected chi connectivity index (χ3v) is 7.09. The van der Waals surface area contributed by atoms with Crippen LogP contribution in [0.4, 0.5) is 15.8 Å². The van der Waals surface area contributed by atoms with Gasteiger partial charge in [0.1, 0.15) is 11.1 Å². The van der Waals surface area contributed by atoms with Crippen molar-refractivity contribution in [3.05, 3.63) is 83.1 Å². The summed E-state index contributed by atoms with van der Waals surface area (Å²) >= 11 is 7.29. The van der Waals surface area contributed by atoms with E-state index in [1.165, 1.54) is 18.2 Å². The van der Waals surface area contributed by atoms with E-state index in [2.05, 4.69) is 10.3 Å². The van der Waals surface area contributed by atoms with Crippen LogP contribution in [0, 0.1) is 5.82 Å². The summed E-state index contributed by atoms with van der Waals surface area (Å²) < 4.78 is 24.7. The fourth-order valence-electron chi connectivity index (χ4n) is 3.77. The number of carbonyl (C=O) groups excluding carboxylic acids is 2. The Balaban J connectivity index is 1.57. The Morgan fingerprint density at radius 3 is 2.62 bits per heavy atom. The Bertz CT molecular complexity index is 1340. The molecule has 10 heteroatoms. The van der Waals surface area contributed by atoms with Gasteiger partial charge in [-0.15, -0.1) is 0 Å². The molecule has 1 fully saturated rings. The number of nitrogens with one attached hydrogen (secondary N) is 1. The lowest BCUT2D eigenvalue weighted by Gasteiger charge is -2.32. The van der Waals surface area contributed by atoms with E-state index in [1.54, 1.807) is 49.5 Å². The van der Waals surface area contributed by atoms with Gasteiger partial charge in [0.2, 0.25) is 11.8 Å². The van der Waals surface area contributed by atoms with Gasteiger partial charge in [-0.1, -0.05) is 47.6 Å². The number of hydrogen-bond acceptors (Lipinski definition) is 6. The minimum absolute atomic E-state index is 0.0501. The van der Waals surface area contributed by atoms with Crippen LogP contribution in [0.15, 0.2) is 71.7 Å². The standard InChI is InChI=1S/C27H25ClFN3O4S/c1-35-22-11-10-17(14-23(22)36-2)12-13-32-25(33)16-24(26(34)31-21-9-4-3-8-20(21)29)37-27(32)30-19-7-5-6-18(28)15-19/h3-11,14-15,24H,12-13,16H2,1-2H3,(H,31,34). The van der Waals surface area contributed by atoms with Gasteiger partial charge in [-0.25, -0.2) is 9.38 Å². The molecule has 1 saturated heterocycles. The molecule has 3 aromatic rings. The fourth-order valence-corrected chi connectivity index (χ4v) is 5.08. The molecular weight excluding hydrogens is 517 g/mol. The van der Waals surface area contributed by atoms with E-state index < -0.39 is 17.0 Å². The second-order valence-corrected chi connectivity index (χ2v) is 9.74. The summed E-state index contributed by atoms with van der Waals surface area (Å²) in [7, 11) is 3.13. The van der Waals surface area contributed by atoms with Crippen LogP contribution >= 0.6 is 23.4 Å². The Kier molecular flexibility index (Phi) is 8.68. The minimum Gasteiger partial charge on any atom is -0.493 e. The topological polar surface area (TPSA) is 80.2 Å². The van der Waals surface area contributed by atoms with E-state index in [0.29, 0.717) is 40.3 Å². The number of amidine groups is 1. The van der Waals surface area contributed by atoms with Crippen LogP contribution in [-0.4, -0.2) is 47.9 Å². The van der Waals surface area contributed by atoms with Gasteiger partial charge in [-0.05, 0) is 54.4 Å². The highest BCUT2D eigenvalue weighted by Crippen LogP contribution is 2.32. The zero-order chi connectivity index (χ0) is 26.4. The maximum atomic E-state index is 14.1. The summed E-state index contributed by atoms with van der Waals surface area (Å²) in [5.74, 6) is -0.0670. The molecule has 4 rings (SSSR count). The van der Waals surface area contributed by atoms with Crippen molar-refractivity contribution in [2.24, 2.45) is 4.99 Å². The molecule has 0 aromatic heterocycles. The zero-order valence-electron chi connectivity index (χ0n) is 20.2. The normalized spacial score (nSPS) is 16.5. The lowest BCUT2D eigenvalue weighted by atomic mass is 10.1. The van der Waals surface area contributed by atoms with Crippen molar-refractivity contribution in [2.75, 3.05) is 26.1 Å². The number of anilines is 1. The average Bonchev–Trinajstić information content (AvgIpc) is 2.89. The predicted molar refractivity (Wildman–Crippen MR) is 145 cm³/mol. The molecule has 2 amide bonds. The molecule has 1 unspecified atom stereocenters. The highest BCUT2D eigenvalue weighted by Gasteiger charge is 2.36. The van der Waals surface area contributed by atoms with Crippen molar-refractivity contribution >= 4 is 51.7 Å². The second kappa shape index (κ2) is 12.1. The van der Waals surface area contributed by atoms with Crippen LogP contribution in [0.1, 0.15) is 12.0 Å². The van der Waals surface area contributed by atoms with Crippen LogP contribution in [0.25, 0.3) is 0 Å². The Morgan fingerprint density at radius 2 is 1.89 bits per heavy atom. The van der Waals surface area contributed by atoms with Gasteiger partial charge in [0, 0.05) is 18.0 Å². The first-order valence-electron chi connectivity index (χ1n) is 11.5. The molecule has 0 radical (unpaired) electrons. The summed E-state index contributed by atoms with van der Waals surface area (Å²) in [6, 6.07) is 18.4. The SMILES string of the molecule is COc1ccc(CCN2C(=O)CC(C(=O)Nc3ccccc3F)SC2=Nc2cccc(Cl)c2)cc1OC. The van der Waals surface area contributed by atoms with Crippen LogP contribution in [0.5, 0.6) is 11.5 Å². The third kappa shape index (κ3) is 6.61. The summed E-state index contributed by atoms with van der Waals surface area (Å²) in [4.78, 5) is 32.4. The van der Waals surface area contributed by atoms with Crippen molar-refractivity contribution in [3.8, 4) is 11.5 Å². The molecule has 1 N–H and O–H groups in total. The monoisotopic (exact) mass is 541 g/mol. The predicted octanol–water partition coefficient (Wildman–Crippen LogP) is 5.70. The number of aliphatic imine (C=N–C) groups is 1. The number of halogens is 2. The highest BCUT2D eigenvalue weighted by molar-refractivity contribution is 8.15. The number of thioether (sulfide) groups is 1. The van der Waals surface area contributed by atoms with Crippen molar-refractivity contribution < 1.29 is 23.5 Å². The first-order valence-corrected chi connectivity index (χ1v) is 12.7. The average molecular weight is 542 g/mol. The molecule has 1 atom stereocenters. The number of amides is 2. The molecule has 1 aliphatic rings. The van der Waals surface area contributed by atoms with Gasteiger partial charge in [-0.2, -0.15) is 0 Å². The van der Waals surface area contributed by atoms with Gasteiger partial charge >= 0.3 is 0 Å². The first-order chi connectivity index (χ1) is 17.9. The van der Waals surface area contributed by atoms with E-state index in [4.69, 9.17) is 21.1 Å². The van der Waals surface area contributed by atoms with Crippen molar-refractivity contribution in [1.29, 1.82) is 0 Å². The minimum atomic E-state index is -0.776. The van der Waals surface area contributed by atoms with Gasteiger partial charge in [0.05, 0.1) is 25.6 Å². The molecular formula is C27H25ClFN3O4S. The number of para-hydroxylation sites is 1. The van der Waals surface area contributed by atoms with Crippen molar-refractivity contribution in [1.82, 2.24) is 4.90 Å². The van der Waals surface area contributed by atoms with Crippen LogP contribution in [-0.2, 0) is 16.0 Å². The van der Waals surface area contributed by atoms with Gasteiger partial charge < -0.3 is 14.8 Å². The third-order valence-electron chi connectivity index (χ3n) is 5.67. The van der Waals surface area contributed by atoms with E-state index >= 15 is 0 Å². The zero-order valence-corrected chi connectivity index (χ0v) is 21.8. The van der Waals surface area contributed by atoms with Crippen LogP contribution < -0.4 is 14.8 Å². The van der Waals surface area contributed by atoms with E-state index in [9.17, 15) is 14.0 Å². The second-order valence-electron chi connectivity index (χ2n) is 8.14. The molecule has 3 aromatic carbocycles. The molecule has 37 heavy (non-hydrogen) atoms. The number of hydrogen-bond donors (Lipinski definition) is 1. The Morgan fingerprint density at radius 1 is 1.11 bits per heavy atom. The lowest BCUT2D eigenvalue weighted by molar-refractivity contribution is -0.129. The maximum absolute atomic E-state index is 14.1. The quantitative estimate of drug-likeness (QED) is 0.396. The fraction of sp³-hybridized carbons (Fsp3) is 0.222. The van der Waals surface area contributed by atoms with Crippen LogP contribution in [0.3, 0.4) is 0 Å². The molecule has 0 saturated carbocycles. The number of rotatable bonds is 8. The van der Waals surface area contributed by atoms with Gasteiger partial charge in [0.15, 0.2) is 16.7 Å². The number of carbonyl (C=O) groups is 2. The number of benzene rings is 3. The Hall–Kier alpha value is -3.56. The number of nitrogens with zero attached hydrogens (tertiary/aromatic N) is 2. The van der Waals surface area contributed by atoms with Gasteiger partial charge in [0.25, 0.3) is 0 Å². The highest BCUT2D eigenvalue weighted by atomic mass is 35.5. The molecule has 0 spiro atoms. The van der Waals surface area contributed by atoms with E-state index in [-0.39, 0.29) is 18.0 Å². The largest absolute Gasteiger partial charge is 0.493 e. The lowest BCUT2D eigenvalue weighted by Crippen LogP contribution is -2.46. The smallest absolute Gasteiger partial charge is 0.238 e. The summed E-state index contributed by atoms with van der Waals surface area (Å²) in [6.45, 7) is 0.336. The van der Waals surface area contributed by atoms with Crippen molar-refractivity contribution in [2.45, 2.75) is 18.1 Å².